The monoisotopic (exact) mass is 394 g/mol. The van der Waals surface area contributed by atoms with E-state index in [-0.39, 0.29) is 17.6 Å². The van der Waals surface area contributed by atoms with Gasteiger partial charge in [-0.1, -0.05) is 23.7 Å². The Labute approximate surface area is 165 Å². The van der Waals surface area contributed by atoms with Gasteiger partial charge in [-0.25, -0.2) is 9.07 Å². The van der Waals surface area contributed by atoms with Crippen LogP contribution >= 0.6 is 11.6 Å². The highest BCUT2D eigenvalue weighted by atomic mass is 35.5. The fourth-order valence-electron chi connectivity index (χ4n) is 3.83. The number of fused-ring (bicyclic) bond motifs is 1. The summed E-state index contributed by atoms with van der Waals surface area (Å²) in [6.07, 6.45) is 2.14. The van der Waals surface area contributed by atoms with Crippen molar-refractivity contribution in [2.24, 2.45) is 0 Å². The number of nitrogens with zero attached hydrogens (tertiary/aromatic N) is 3. The van der Waals surface area contributed by atoms with Crippen LogP contribution in [0.15, 0.2) is 59.8 Å². The Hall–Kier alpha value is -2.99. The molecule has 5 nitrogen and oxygen atoms in total. The van der Waals surface area contributed by atoms with E-state index in [0.29, 0.717) is 28.8 Å². The zero-order valence-electron chi connectivity index (χ0n) is 14.8. The Morgan fingerprint density at radius 2 is 1.82 bits per heavy atom. The van der Waals surface area contributed by atoms with E-state index in [2.05, 4.69) is 15.4 Å². The molecule has 1 aliphatic carbocycles. The number of hydrogen-bond acceptors (Lipinski definition) is 4. The van der Waals surface area contributed by atoms with Crippen LogP contribution in [0.1, 0.15) is 30.9 Å². The van der Waals surface area contributed by atoms with Crippen molar-refractivity contribution in [1.82, 2.24) is 14.8 Å². The first kappa shape index (κ1) is 17.1. The second kappa shape index (κ2) is 6.56. The van der Waals surface area contributed by atoms with Gasteiger partial charge in [0.25, 0.3) is 0 Å². The number of carbonyl (C=O) groups excluding carboxylic acids is 1. The third kappa shape index (κ3) is 2.81. The predicted octanol–water partition coefficient (Wildman–Crippen LogP) is 4.76. The number of hydrogen-bond donors (Lipinski definition) is 1. The molecular weight excluding hydrogens is 379 g/mol. The molecule has 2 aromatic carbocycles. The Kier molecular flexibility index (Phi) is 4.02. The van der Waals surface area contributed by atoms with Gasteiger partial charge < -0.3 is 5.32 Å². The van der Waals surface area contributed by atoms with Crippen LogP contribution in [-0.2, 0) is 4.79 Å². The van der Waals surface area contributed by atoms with Crippen molar-refractivity contribution < 1.29 is 9.18 Å². The molecule has 1 atom stereocenters. The van der Waals surface area contributed by atoms with Crippen LogP contribution in [0.25, 0.3) is 11.4 Å². The van der Waals surface area contributed by atoms with Gasteiger partial charge in [-0.05, 0) is 54.8 Å². The number of Topliss-reactive ketones (excluding diaryl/α,β-unsaturated/α-hetero) is 1. The molecule has 0 spiro atoms. The first-order valence-corrected chi connectivity index (χ1v) is 9.49. The first-order chi connectivity index (χ1) is 13.6. The summed E-state index contributed by atoms with van der Waals surface area (Å²) in [5, 5.41) is 8.58. The van der Waals surface area contributed by atoms with E-state index in [1.807, 2.05) is 24.3 Å². The van der Waals surface area contributed by atoms with Gasteiger partial charge in [-0.2, -0.15) is 4.98 Å². The smallest absolute Gasteiger partial charge is 0.226 e. The fraction of sp³-hybridized carbons (Fsp3) is 0.190. The molecule has 0 saturated carbocycles. The highest BCUT2D eigenvalue weighted by molar-refractivity contribution is 6.30. The summed E-state index contributed by atoms with van der Waals surface area (Å²) in [6, 6.07) is 13.1. The lowest BCUT2D eigenvalue weighted by atomic mass is 9.85. The highest BCUT2D eigenvalue weighted by Gasteiger charge is 2.36. The number of allylic oxidation sites excluding steroid dienone is 2. The summed E-state index contributed by atoms with van der Waals surface area (Å²) in [6.45, 7) is 0. The van der Waals surface area contributed by atoms with Gasteiger partial charge in [0, 0.05) is 28.3 Å². The van der Waals surface area contributed by atoms with Crippen molar-refractivity contribution in [1.29, 1.82) is 0 Å². The van der Waals surface area contributed by atoms with Gasteiger partial charge in [0.05, 0.1) is 0 Å². The van der Waals surface area contributed by atoms with Crippen molar-refractivity contribution in [3.63, 3.8) is 0 Å². The fourth-order valence-corrected chi connectivity index (χ4v) is 3.96. The van der Waals surface area contributed by atoms with Crippen molar-refractivity contribution in [2.75, 3.05) is 5.32 Å². The zero-order valence-corrected chi connectivity index (χ0v) is 15.6. The molecule has 0 amide bonds. The van der Waals surface area contributed by atoms with Crippen LogP contribution in [0.2, 0.25) is 5.02 Å². The number of carbonyl (C=O) groups is 1. The van der Waals surface area contributed by atoms with Crippen molar-refractivity contribution in [3.8, 4) is 11.4 Å². The maximum atomic E-state index is 13.3. The first-order valence-electron chi connectivity index (χ1n) is 9.11. The second-order valence-corrected chi connectivity index (χ2v) is 7.39. The minimum absolute atomic E-state index is 0.123. The average Bonchev–Trinajstić information content (AvgIpc) is 3.11. The van der Waals surface area contributed by atoms with Gasteiger partial charge in [0.15, 0.2) is 11.6 Å². The Morgan fingerprint density at radius 1 is 1.07 bits per heavy atom. The highest BCUT2D eigenvalue weighted by Crippen LogP contribution is 2.40. The Morgan fingerprint density at radius 3 is 2.57 bits per heavy atom. The largest absolute Gasteiger partial charge is 0.328 e. The number of halogens is 2. The molecule has 1 aliphatic heterocycles. The quantitative estimate of drug-likeness (QED) is 0.680. The average molecular weight is 395 g/mol. The molecule has 1 N–H and O–H groups in total. The van der Waals surface area contributed by atoms with Crippen molar-refractivity contribution in [2.45, 2.75) is 25.3 Å². The molecule has 28 heavy (non-hydrogen) atoms. The summed E-state index contributed by atoms with van der Waals surface area (Å²) in [5.41, 5.74) is 3.27. The molecule has 2 aliphatic rings. The molecule has 7 heteroatoms. The van der Waals surface area contributed by atoms with E-state index in [9.17, 15) is 9.18 Å². The number of benzene rings is 2. The van der Waals surface area contributed by atoms with E-state index >= 15 is 0 Å². The standard InChI is InChI=1S/C21H16ClFN4O/c22-14-8-4-12(5-9-14)19-18-16(2-1-3-17(18)28)24-21-25-20(26-27(19)21)13-6-10-15(23)11-7-13/h4-11,19H,1-3H2,(H,24,25,26). The lowest BCUT2D eigenvalue weighted by Crippen LogP contribution is -2.31. The lowest BCUT2D eigenvalue weighted by molar-refractivity contribution is -0.116. The van der Waals surface area contributed by atoms with Crippen LogP contribution in [0.4, 0.5) is 10.3 Å². The zero-order chi connectivity index (χ0) is 19.3. The van der Waals surface area contributed by atoms with Crippen LogP contribution in [0.3, 0.4) is 0 Å². The van der Waals surface area contributed by atoms with Gasteiger partial charge >= 0.3 is 0 Å². The SMILES string of the molecule is O=C1CCCC2=C1C(c1ccc(Cl)cc1)n1nc(-c3ccc(F)cc3)nc1N2. The Bertz CT molecular complexity index is 1100. The minimum Gasteiger partial charge on any atom is -0.328 e. The normalized spacial score (nSPS) is 18.5. The molecule has 2 heterocycles. The third-order valence-electron chi connectivity index (χ3n) is 5.16. The van der Waals surface area contributed by atoms with Gasteiger partial charge in [-0.15, -0.1) is 5.10 Å². The summed E-state index contributed by atoms with van der Waals surface area (Å²) < 4.78 is 15.0. The number of ketones is 1. The maximum absolute atomic E-state index is 13.3. The maximum Gasteiger partial charge on any atom is 0.226 e. The van der Waals surface area contributed by atoms with Gasteiger partial charge in [-0.3, -0.25) is 4.79 Å². The third-order valence-corrected chi connectivity index (χ3v) is 5.41. The number of nitrogens with one attached hydrogen (secondary N) is 1. The molecule has 1 aromatic heterocycles. The molecule has 1 unspecified atom stereocenters. The summed E-state index contributed by atoms with van der Waals surface area (Å²) in [4.78, 5) is 17.4. The number of aromatic nitrogens is 3. The lowest BCUT2D eigenvalue weighted by Gasteiger charge is -2.32. The number of rotatable bonds is 2. The minimum atomic E-state index is -0.363. The van der Waals surface area contributed by atoms with Crippen molar-refractivity contribution >= 4 is 23.3 Å². The van der Waals surface area contributed by atoms with Crippen LogP contribution in [0, 0.1) is 5.82 Å². The summed E-state index contributed by atoms with van der Waals surface area (Å²) in [5.74, 6) is 0.868. The molecule has 0 radical (unpaired) electrons. The molecule has 0 bridgehead atoms. The van der Waals surface area contributed by atoms with Gasteiger partial charge in [0.2, 0.25) is 5.95 Å². The Balaban J connectivity index is 1.66. The molecule has 0 saturated heterocycles. The molecule has 140 valence electrons. The van der Waals surface area contributed by atoms with E-state index in [1.54, 1.807) is 16.8 Å². The van der Waals surface area contributed by atoms with Crippen molar-refractivity contribution in [3.05, 3.63) is 76.2 Å². The molecular formula is C21H16ClFN4O. The van der Waals surface area contributed by atoms with E-state index in [1.165, 1.54) is 12.1 Å². The van der Waals surface area contributed by atoms with E-state index in [4.69, 9.17) is 11.6 Å². The van der Waals surface area contributed by atoms with Crippen LogP contribution < -0.4 is 5.32 Å². The van der Waals surface area contributed by atoms with Gasteiger partial charge in [0.1, 0.15) is 11.9 Å². The number of anilines is 1. The van der Waals surface area contributed by atoms with Crippen LogP contribution in [0.5, 0.6) is 0 Å². The second-order valence-electron chi connectivity index (χ2n) is 6.96. The molecule has 0 fully saturated rings. The summed E-state index contributed by atoms with van der Waals surface area (Å²) in [7, 11) is 0. The van der Waals surface area contributed by atoms with E-state index in [0.717, 1.165) is 29.7 Å². The topological polar surface area (TPSA) is 59.8 Å². The molecule has 5 rings (SSSR count). The predicted molar refractivity (Wildman–Crippen MR) is 105 cm³/mol. The van der Waals surface area contributed by atoms with Crippen LogP contribution in [-0.4, -0.2) is 20.5 Å². The van der Waals surface area contributed by atoms with E-state index < -0.39 is 0 Å². The molecule has 3 aromatic rings. The summed E-state index contributed by atoms with van der Waals surface area (Å²) >= 11 is 6.06.